The van der Waals surface area contributed by atoms with Crippen LogP contribution in [0.15, 0.2) is 24.3 Å². The predicted octanol–water partition coefficient (Wildman–Crippen LogP) is 3.49. The highest BCUT2D eigenvalue weighted by Gasteiger charge is 2.35. The third kappa shape index (κ3) is 3.33. The topological polar surface area (TPSA) is 38.8 Å². The van der Waals surface area contributed by atoms with Crippen molar-refractivity contribution in [3.05, 3.63) is 29.8 Å². The van der Waals surface area contributed by atoms with Gasteiger partial charge in [-0.2, -0.15) is 0 Å². The molecule has 0 spiro atoms. The average molecular weight is 248 g/mol. The molecule has 0 aliphatic carbocycles. The van der Waals surface area contributed by atoms with E-state index in [9.17, 15) is 4.79 Å². The van der Waals surface area contributed by atoms with Crippen molar-refractivity contribution < 1.29 is 14.3 Å². The predicted molar refractivity (Wildman–Crippen MR) is 69.4 cm³/mol. The van der Waals surface area contributed by atoms with Crippen LogP contribution in [-0.2, 0) is 9.53 Å². The summed E-state index contributed by atoms with van der Waals surface area (Å²) in [6, 6.07) is 7.58. The Balaban J connectivity index is 1.88. The minimum Gasteiger partial charge on any atom is -0.427 e. The molecule has 0 unspecified atom stereocenters. The van der Waals surface area contributed by atoms with Crippen LogP contribution in [0.3, 0.4) is 0 Å². The fourth-order valence-electron chi connectivity index (χ4n) is 1.86. The number of rotatable bonds is 5. The molecule has 0 bridgehead atoms. The standard InChI is InChI=1S/C15H20O3/c1-4-10(2)9-14(16)18-13-7-5-12(6-8-13)15-11(3)17-15/h5-8,10-11,15H,4,9H2,1-3H3/t10-,11+,15-/m0/s1. The zero-order valence-corrected chi connectivity index (χ0v) is 11.2. The van der Waals surface area contributed by atoms with E-state index in [1.165, 1.54) is 0 Å². The van der Waals surface area contributed by atoms with Gasteiger partial charge in [0.1, 0.15) is 11.9 Å². The summed E-state index contributed by atoms with van der Waals surface area (Å²) in [7, 11) is 0. The molecule has 1 heterocycles. The molecule has 0 saturated carbocycles. The molecule has 18 heavy (non-hydrogen) atoms. The lowest BCUT2D eigenvalue weighted by atomic mass is 10.1. The van der Waals surface area contributed by atoms with Gasteiger partial charge in [-0.05, 0) is 30.5 Å². The van der Waals surface area contributed by atoms with E-state index in [0.29, 0.717) is 24.2 Å². The van der Waals surface area contributed by atoms with Crippen LogP contribution in [0.2, 0.25) is 0 Å². The van der Waals surface area contributed by atoms with Gasteiger partial charge in [-0.15, -0.1) is 0 Å². The molecule has 1 aliphatic rings. The zero-order chi connectivity index (χ0) is 13.1. The van der Waals surface area contributed by atoms with Crippen LogP contribution < -0.4 is 4.74 Å². The Hall–Kier alpha value is -1.35. The highest BCUT2D eigenvalue weighted by molar-refractivity contribution is 5.72. The van der Waals surface area contributed by atoms with Crippen molar-refractivity contribution in [2.75, 3.05) is 0 Å². The molecule has 0 amide bonds. The van der Waals surface area contributed by atoms with E-state index in [1.54, 1.807) is 0 Å². The Morgan fingerprint density at radius 2 is 2.00 bits per heavy atom. The lowest BCUT2D eigenvalue weighted by Gasteiger charge is -2.08. The van der Waals surface area contributed by atoms with E-state index in [2.05, 4.69) is 13.8 Å². The molecule has 0 radical (unpaired) electrons. The van der Waals surface area contributed by atoms with E-state index < -0.39 is 0 Å². The first kappa shape index (κ1) is 13.1. The van der Waals surface area contributed by atoms with E-state index in [0.717, 1.165) is 12.0 Å². The third-order valence-corrected chi connectivity index (χ3v) is 3.36. The summed E-state index contributed by atoms with van der Waals surface area (Å²) in [4.78, 5) is 11.6. The summed E-state index contributed by atoms with van der Waals surface area (Å²) in [6.07, 6.45) is 1.99. The van der Waals surface area contributed by atoms with E-state index in [1.807, 2.05) is 31.2 Å². The summed E-state index contributed by atoms with van der Waals surface area (Å²) in [5.74, 6) is 0.825. The van der Waals surface area contributed by atoms with Crippen LogP contribution in [0, 0.1) is 5.92 Å². The number of ether oxygens (including phenoxy) is 2. The molecule has 98 valence electrons. The molecule has 1 aromatic carbocycles. The Morgan fingerprint density at radius 3 is 2.50 bits per heavy atom. The lowest BCUT2D eigenvalue weighted by molar-refractivity contribution is -0.135. The van der Waals surface area contributed by atoms with Crippen LogP contribution >= 0.6 is 0 Å². The Labute approximate surface area is 108 Å². The molecule has 3 atom stereocenters. The maximum absolute atomic E-state index is 11.6. The first-order valence-corrected chi connectivity index (χ1v) is 6.56. The maximum Gasteiger partial charge on any atom is 0.311 e. The van der Waals surface area contributed by atoms with Gasteiger partial charge in [-0.1, -0.05) is 32.4 Å². The second-order valence-corrected chi connectivity index (χ2v) is 5.02. The van der Waals surface area contributed by atoms with Gasteiger partial charge in [0.2, 0.25) is 0 Å². The van der Waals surface area contributed by atoms with E-state index in [4.69, 9.17) is 9.47 Å². The van der Waals surface area contributed by atoms with Crippen LogP contribution in [0.25, 0.3) is 0 Å². The number of carbonyl (C=O) groups is 1. The number of benzene rings is 1. The number of esters is 1. The molecule has 1 aliphatic heterocycles. The summed E-state index contributed by atoms with van der Waals surface area (Å²) in [5.41, 5.74) is 1.14. The normalized spacial score (nSPS) is 23.5. The summed E-state index contributed by atoms with van der Waals surface area (Å²) < 4.78 is 10.7. The van der Waals surface area contributed by atoms with Gasteiger partial charge < -0.3 is 9.47 Å². The maximum atomic E-state index is 11.6. The molecule has 3 heteroatoms. The van der Waals surface area contributed by atoms with Crippen molar-refractivity contribution in [1.82, 2.24) is 0 Å². The van der Waals surface area contributed by atoms with Crippen LogP contribution in [0.1, 0.15) is 45.3 Å². The van der Waals surface area contributed by atoms with Gasteiger partial charge in [0.05, 0.1) is 6.10 Å². The van der Waals surface area contributed by atoms with Crippen molar-refractivity contribution in [2.45, 2.75) is 45.8 Å². The van der Waals surface area contributed by atoms with Crippen LogP contribution in [0.4, 0.5) is 0 Å². The Morgan fingerprint density at radius 1 is 1.39 bits per heavy atom. The Kier molecular flexibility index (Phi) is 4.02. The molecule has 0 N–H and O–H groups in total. The quantitative estimate of drug-likeness (QED) is 0.455. The molecule has 2 rings (SSSR count). The van der Waals surface area contributed by atoms with Gasteiger partial charge in [-0.3, -0.25) is 4.79 Å². The van der Waals surface area contributed by atoms with E-state index in [-0.39, 0.29) is 12.1 Å². The van der Waals surface area contributed by atoms with Gasteiger partial charge in [0, 0.05) is 6.42 Å². The highest BCUT2D eigenvalue weighted by Crippen LogP contribution is 2.38. The van der Waals surface area contributed by atoms with Gasteiger partial charge in [-0.25, -0.2) is 0 Å². The second-order valence-electron chi connectivity index (χ2n) is 5.02. The molecule has 3 nitrogen and oxygen atoms in total. The van der Waals surface area contributed by atoms with Crippen molar-refractivity contribution >= 4 is 5.97 Å². The number of epoxide rings is 1. The first-order valence-electron chi connectivity index (χ1n) is 6.56. The van der Waals surface area contributed by atoms with Gasteiger partial charge >= 0.3 is 5.97 Å². The van der Waals surface area contributed by atoms with E-state index >= 15 is 0 Å². The van der Waals surface area contributed by atoms with Gasteiger partial charge in [0.15, 0.2) is 0 Å². The molecular weight excluding hydrogens is 228 g/mol. The number of hydrogen-bond acceptors (Lipinski definition) is 3. The lowest BCUT2D eigenvalue weighted by Crippen LogP contribution is -2.11. The minimum absolute atomic E-state index is 0.159. The largest absolute Gasteiger partial charge is 0.427 e. The Bertz CT molecular complexity index is 410. The highest BCUT2D eigenvalue weighted by atomic mass is 16.6. The second kappa shape index (κ2) is 5.53. The van der Waals surface area contributed by atoms with Gasteiger partial charge in [0.25, 0.3) is 0 Å². The van der Waals surface area contributed by atoms with Crippen molar-refractivity contribution in [2.24, 2.45) is 5.92 Å². The smallest absolute Gasteiger partial charge is 0.311 e. The SMILES string of the molecule is CC[C@H](C)CC(=O)Oc1ccc([C@H]2O[C@@H]2C)cc1. The summed E-state index contributed by atoms with van der Waals surface area (Å²) in [5, 5.41) is 0. The fraction of sp³-hybridized carbons (Fsp3) is 0.533. The molecule has 1 aromatic rings. The first-order chi connectivity index (χ1) is 8.60. The third-order valence-electron chi connectivity index (χ3n) is 3.36. The summed E-state index contributed by atoms with van der Waals surface area (Å²) in [6.45, 7) is 6.17. The van der Waals surface area contributed by atoms with Crippen molar-refractivity contribution in [1.29, 1.82) is 0 Å². The average Bonchev–Trinajstić information content (AvgIpc) is 3.07. The number of carbonyl (C=O) groups excluding carboxylic acids is 1. The van der Waals surface area contributed by atoms with Crippen molar-refractivity contribution in [3.63, 3.8) is 0 Å². The molecular formula is C15H20O3. The monoisotopic (exact) mass is 248 g/mol. The zero-order valence-electron chi connectivity index (χ0n) is 11.2. The molecule has 1 fully saturated rings. The summed E-state index contributed by atoms with van der Waals surface area (Å²) >= 11 is 0. The van der Waals surface area contributed by atoms with Crippen molar-refractivity contribution in [3.8, 4) is 5.75 Å². The van der Waals surface area contributed by atoms with Crippen LogP contribution in [0.5, 0.6) is 5.75 Å². The minimum atomic E-state index is -0.159. The fourth-order valence-corrected chi connectivity index (χ4v) is 1.86. The van der Waals surface area contributed by atoms with Crippen LogP contribution in [-0.4, -0.2) is 12.1 Å². The molecule has 0 aromatic heterocycles. The number of hydrogen-bond donors (Lipinski definition) is 0. The molecule has 1 saturated heterocycles.